The quantitative estimate of drug-likeness (QED) is 0.826. The molecule has 4 heterocycles. The largest absolute Gasteiger partial charge is 0.492 e. The van der Waals surface area contributed by atoms with E-state index in [9.17, 15) is 4.79 Å². The van der Waals surface area contributed by atoms with Crippen molar-refractivity contribution >= 4 is 5.91 Å². The summed E-state index contributed by atoms with van der Waals surface area (Å²) >= 11 is 0. The highest BCUT2D eigenvalue weighted by Gasteiger charge is 2.54. The number of aromatic nitrogens is 2. The molecule has 2 saturated heterocycles. The molecule has 26 heavy (non-hydrogen) atoms. The summed E-state index contributed by atoms with van der Waals surface area (Å²) in [5.41, 5.74) is 1.35. The van der Waals surface area contributed by atoms with E-state index in [1.807, 2.05) is 36.1 Å². The molecule has 1 unspecified atom stereocenters. The summed E-state index contributed by atoms with van der Waals surface area (Å²) in [6, 6.07) is 7.48. The van der Waals surface area contributed by atoms with E-state index in [-0.39, 0.29) is 11.5 Å². The Morgan fingerprint density at radius 1 is 1.35 bits per heavy atom. The minimum atomic E-state index is -0.202. The van der Waals surface area contributed by atoms with Gasteiger partial charge >= 0.3 is 0 Å². The van der Waals surface area contributed by atoms with Gasteiger partial charge in [-0.25, -0.2) is 0 Å². The average molecular weight is 353 g/mol. The first-order chi connectivity index (χ1) is 12.7. The zero-order chi connectivity index (χ0) is 18.0. The fourth-order valence-electron chi connectivity index (χ4n) is 3.81. The minimum Gasteiger partial charge on any atom is -0.492 e. The number of hydrogen-bond donors (Lipinski definition) is 0. The maximum Gasteiger partial charge on any atom is 0.255 e. The van der Waals surface area contributed by atoms with Crippen LogP contribution in [0.3, 0.4) is 0 Å². The fourth-order valence-corrected chi connectivity index (χ4v) is 3.81. The van der Waals surface area contributed by atoms with Crippen LogP contribution in [0.4, 0.5) is 0 Å². The first kappa shape index (κ1) is 17.0. The number of ether oxygens (including phenoxy) is 2. The predicted octanol–water partition coefficient (Wildman–Crippen LogP) is 2.49. The van der Waals surface area contributed by atoms with Gasteiger partial charge in [0, 0.05) is 24.7 Å². The fraction of sp³-hybridized carbons (Fsp3) is 0.450. The molecule has 0 aliphatic carbocycles. The Kier molecular flexibility index (Phi) is 4.59. The molecule has 136 valence electrons. The number of amides is 1. The van der Waals surface area contributed by atoms with Crippen molar-refractivity contribution in [2.75, 3.05) is 26.3 Å². The molecular weight excluding hydrogens is 330 g/mol. The van der Waals surface area contributed by atoms with Crippen LogP contribution >= 0.6 is 0 Å². The Bertz CT molecular complexity index is 758. The van der Waals surface area contributed by atoms with Crippen LogP contribution in [0.5, 0.6) is 5.75 Å². The van der Waals surface area contributed by atoms with Gasteiger partial charge in [-0.3, -0.25) is 14.8 Å². The van der Waals surface area contributed by atoms with Crippen LogP contribution in [0.25, 0.3) is 0 Å². The third-order valence-electron chi connectivity index (χ3n) is 5.33. The molecule has 0 bridgehead atoms. The van der Waals surface area contributed by atoms with Gasteiger partial charge in [-0.05, 0) is 49.9 Å². The van der Waals surface area contributed by atoms with Gasteiger partial charge in [-0.1, -0.05) is 0 Å². The molecule has 1 amide bonds. The van der Waals surface area contributed by atoms with Gasteiger partial charge in [0.25, 0.3) is 5.91 Å². The SMILES string of the molecule is Cc1ccc(C(=O)N2CC3(C2)OCCC3CCOc2cccnc2)cn1. The lowest BCUT2D eigenvalue weighted by Crippen LogP contribution is -2.66. The number of likely N-dealkylation sites (tertiary alicyclic amines) is 1. The highest BCUT2D eigenvalue weighted by Crippen LogP contribution is 2.42. The van der Waals surface area contributed by atoms with E-state index in [1.54, 1.807) is 18.6 Å². The zero-order valence-corrected chi connectivity index (χ0v) is 14.9. The topological polar surface area (TPSA) is 64.6 Å². The molecule has 0 radical (unpaired) electrons. The summed E-state index contributed by atoms with van der Waals surface area (Å²) in [5.74, 6) is 1.24. The lowest BCUT2D eigenvalue weighted by molar-refractivity contribution is -0.119. The molecule has 1 spiro atoms. The summed E-state index contributed by atoms with van der Waals surface area (Å²) in [7, 11) is 0. The lowest BCUT2D eigenvalue weighted by atomic mass is 9.79. The Hall–Kier alpha value is -2.47. The van der Waals surface area contributed by atoms with Crippen LogP contribution in [0.15, 0.2) is 42.9 Å². The number of hydrogen-bond acceptors (Lipinski definition) is 5. The second-order valence-corrected chi connectivity index (χ2v) is 7.07. The first-order valence-corrected chi connectivity index (χ1v) is 9.05. The van der Waals surface area contributed by atoms with Gasteiger partial charge in [-0.15, -0.1) is 0 Å². The first-order valence-electron chi connectivity index (χ1n) is 9.05. The second kappa shape index (κ2) is 7.03. The highest BCUT2D eigenvalue weighted by atomic mass is 16.5. The van der Waals surface area contributed by atoms with Crippen LogP contribution in [0, 0.1) is 12.8 Å². The number of pyridine rings is 2. The van der Waals surface area contributed by atoms with Crippen LogP contribution in [-0.4, -0.2) is 52.7 Å². The summed E-state index contributed by atoms with van der Waals surface area (Å²) in [5, 5.41) is 0. The van der Waals surface area contributed by atoms with E-state index in [1.165, 1.54) is 0 Å². The second-order valence-electron chi connectivity index (χ2n) is 7.07. The molecule has 2 aliphatic heterocycles. The highest BCUT2D eigenvalue weighted by molar-refractivity contribution is 5.94. The van der Waals surface area contributed by atoms with E-state index in [0.717, 1.165) is 30.9 Å². The van der Waals surface area contributed by atoms with Gasteiger partial charge in [0.05, 0.1) is 31.5 Å². The molecule has 6 heteroatoms. The number of rotatable bonds is 5. The molecule has 1 atom stereocenters. The maximum atomic E-state index is 12.6. The Labute approximate surface area is 153 Å². The third-order valence-corrected chi connectivity index (χ3v) is 5.33. The van der Waals surface area contributed by atoms with Crippen molar-refractivity contribution in [3.05, 3.63) is 54.1 Å². The molecule has 2 aromatic heterocycles. The molecule has 2 aromatic rings. The Balaban J connectivity index is 1.31. The van der Waals surface area contributed by atoms with Gasteiger partial charge in [0.2, 0.25) is 0 Å². The Morgan fingerprint density at radius 3 is 2.96 bits per heavy atom. The van der Waals surface area contributed by atoms with E-state index in [4.69, 9.17) is 9.47 Å². The van der Waals surface area contributed by atoms with Gasteiger partial charge in [0.1, 0.15) is 11.4 Å². The number of nitrogens with zero attached hydrogens (tertiary/aromatic N) is 3. The van der Waals surface area contributed by atoms with Crippen molar-refractivity contribution in [1.82, 2.24) is 14.9 Å². The van der Waals surface area contributed by atoms with Crippen molar-refractivity contribution in [3.63, 3.8) is 0 Å². The van der Waals surface area contributed by atoms with Crippen molar-refractivity contribution in [1.29, 1.82) is 0 Å². The van der Waals surface area contributed by atoms with E-state index in [2.05, 4.69) is 9.97 Å². The van der Waals surface area contributed by atoms with Crippen molar-refractivity contribution in [2.24, 2.45) is 5.92 Å². The maximum absolute atomic E-state index is 12.6. The van der Waals surface area contributed by atoms with Gasteiger partial charge < -0.3 is 14.4 Å². The van der Waals surface area contributed by atoms with E-state index in [0.29, 0.717) is 31.2 Å². The average Bonchev–Trinajstić information content (AvgIpc) is 3.05. The van der Waals surface area contributed by atoms with Crippen LogP contribution in [-0.2, 0) is 4.74 Å². The summed E-state index contributed by atoms with van der Waals surface area (Å²) in [4.78, 5) is 22.7. The minimum absolute atomic E-state index is 0.0315. The smallest absolute Gasteiger partial charge is 0.255 e. The lowest BCUT2D eigenvalue weighted by Gasteiger charge is -2.50. The van der Waals surface area contributed by atoms with Crippen LogP contribution < -0.4 is 4.74 Å². The van der Waals surface area contributed by atoms with E-state index < -0.39 is 0 Å². The molecule has 0 N–H and O–H groups in total. The molecule has 6 nitrogen and oxygen atoms in total. The standard InChI is InChI=1S/C20H23N3O3/c1-15-4-5-16(11-22-15)19(24)23-13-20(14-23)17(7-10-26-20)6-9-25-18-3-2-8-21-12-18/h2-5,8,11-12,17H,6-7,9-10,13-14H2,1H3. The van der Waals surface area contributed by atoms with Crippen molar-refractivity contribution in [2.45, 2.75) is 25.4 Å². The van der Waals surface area contributed by atoms with Gasteiger partial charge in [0.15, 0.2) is 0 Å². The van der Waals surface area contributed by atoms with Gasteiger partial charge in [-0.2, -0.15) is 0 Å². The number of carbonyl (C=O) groups is 1. The molecule has 0 saturated carbocycles. The normalized spacial score (nSPS) is 20.8. The number of carbonyl (C=O) groups excluding carboxylic acids is 1. The molecule has 0 aromatic carbocycles. The molecule has 4 rings (SSSR count). The Morgan fingerprint density at radius 2 is 2.23 bits per heavy atom. The number of aryl methyl sites for hydroxylation is 1. The molecular formula is C20H23N3O3. The third kappa shape index (κ3) is 3.29. The predicted molar refractivity (Wildman–Crippen MR) is 96.0 cm³/mol. The summed E-state index contributed by atoms with van der Waals surface area (Å²) in [6.45, 7) is 4.61. The monoisotopic (exact) mass is 353 g/mol. The zero-order valence-electron chi connectivity index (χ0n) is 14.9. The molecule has 2 aliphatic rings. The van der Waals surface area contributed by atoms with Crippen LogP contribution in [0.2, 0.25) is 0 Å². The summed E-state index contributed by atoms with van der Waals surface area (Å²) in [6.07, 6.45) is 7.04. The van der Waals surface area contributed by atoms with E-state index >= 15 is 0 Å². The van der Waals surface area contributed by atoms with Crippen LogP contribution in [0.1, 0.15) is 28.9 Å². The summed E-state index contributed by atoms with van der Waals surface area (Å²) < 4.78 is 11.8. The van der Waals surface area contributed by atoms with Crippen molar-refractivity contribution in [3.8, 4) is 5.75 Å². The van der Waals surface area contributed by atoms with Crippen molar-refractivity contribution < 1.29 is 14.3 Å². The molecule has 2 fully saturated rings.